The summed E-state index contributed by atoms with van der Waals surface area (Å²) in [5.74, 6) is -1.48. The number of allylic oxidation sites excluding steroid dienone is 1. The fraction of sp³-hybridized carbons (Fsp3) is 0.609. The molecule has 0 bridgehead atoms. The Balaban J connectivity index is 1.82. The highest BCUT2D eigenvalue weighted by atomic mass is 127. The van der Waals surface area contributed by atoms with Crippen molar-refractivity contribution in [3.05, 3.63) is 34.3 Å². The standard InChI is InChI=1S/C23H25IO8/c1-9(25)31-13-6-22(2)11(5-12(24)20(22)27)15-17(13)23(3)14(8-29-4)32-21(28)10-7-30-19(16(10)23)18(15)26/h7,11-14,20,27H,5-6,8H2,1-4H3/t11-,12+,13+,14+,20-,22-,23-/m0/s1. The molecule has 9 heteroatoms. The third-order valence-electron chi connectivity index (χ3n) is 7.92. The lowest BCUT2D eigenvalue weighted by Crippen LogP contribution is -2.57. The van der Waals surface area contributed by atoms with Gasteiger partial charge in [-0.25, -0.2) is 4.79 Å². The van der Waals surface area contributed by atoms with E-state index in [1.807, 2.05) is 13.8 Å². The molecule has 0 radical (unpaired) electrons. The van der Waals surface area contributed by atoms with Crippen molar-refractivity contribution in [2.75, 3.05) is 13.7 Å². The maximum atomic E-state index is 13.8. The number of ether oxygens (including phenoxy) is 3. The molecule has 1 fully saturated rings. The summed E-state index contributed by atoms with van der Waals surface area (Å²) in [6.45, 7) is 5.28. The number of aliphatic hydroxyl groups is 1. The smallest absolute Gasteiger partial charge is 0.342 e. The summed E-state index contributed by atoms with van der Waals surface area (Å²) in [7, 11) is 1.52. The molecule has 0 spiro atoms. The normalized spacial score (nSPS) is 39.9. The number of furan rings is 1. The summed E-state index contributed by atoms with van der Waals surface area (Å²) in [5.41, 5.74) is 0.223. The van der Waals surface area contributed by atoms with E-state index in [2.05, 4.69) is 22.6 Å². The number of hydrogen-bond donors (Lipinski definition) is 1. The topological polar surface area (TPSA) is 112 Å². The predicted octanol–water partition coefficient (Wildman–Crippen LogP) is 2.74. The first-order valence-electron chi connectivity index (χ1n) is 10.7. The zero-order valence-electron chi connectivity index (χ0n) is 18.3. The summed E-state index contributed by atoms with van der Waals surface area (Å²) in [4.78, 5) is 38.6. The van der Waals surface area contributed by atoms with Gasteiger partial charge in [-0.2, -0.15) is 0 Å². The van der Waals surface area contributed by atoms with Gasteiger partial charge in [0.25, 0.3) is 0 Å². The maximum absolute atomic E-state index is 13.8. The molecule has 1 N–H and O–H groups in total. The summed E-state index contributed by atoms with van der Waals surface area (Å²) in [6.07, 6.45) is 0.120. The summed E-state index contributed by atoms with van der Waals surface area (Å²) in [6, 6.07) is 0. The van der Waals surface area contributed by atoms with Gasteiger partial charge in [0, 0.05) is 34.5 Å². The highest BCUT2D eigenvalue weighted by Gasteiger charge is 2.65. The number of carbonyl (C=O) groups excluding carboxylic acids is 3. The lowest BCUT2D eigenvalue weighted by molar-refractivity contribution is -0.149. The highest BCUT2D eigenvalue weighted by Crippen LogP contribution is 2.63. The number of esters is 2. The Morgan fingerprint density at radius 2 is 2.06 bits per heavy atom. The van der Waals surface area contributed by atoms with Crippen LogP contribution in [0.3, 0.4) is 0 Å². The van der Waals surface area contributed by atoms with E-state index >= 15 is 0 Å². The first-order chi connectivity index (χ1) is 15.1. The van der Waals surface area contributed by atoms with Crippen LogP contribution in [0.4, 0.5) is 0 Å². The van der Waals surface area contributed by atoms with Gasteiger partial charge >= 0.3 is 11.9 Å². The molecular weight excluding hydrogens is 531 g/mol. The van der Waals surface area contributed by atoms with E-state index in [-0.39, 0.29) is 33.6 Å². The average molecular weight is 556 g/mol. The molecule has 1 aliphatic heterocycles. The Morgan fingerprint density at radius 1 is 1.34 bits per heavy atom. The van der Waals surface area contributed by atoms with Gasteiger partial charge in [-0.3, -0.25) is 9.59 Å². The van der Waals surface area contributed by atoms with Gasteiger partial charge in [0.15, 0.2) is 5.76 Å². The number of ketones is 1. The van der Waals surface area contributed by atoms with Gasteiger partial charge in [-0.15, -0.1) is 0 Å². The molecule has 2 heterocycles. The van der Waals surface area contributed by atoms with E-state index in [9.17, 15) is 19.5 Å². The van der Waals surface area contributed by atoms with Crippen LogP contribution in [0.15, 0.2) is 21.8 Å². The van der Waals surface area contributed by atoms with Crippen LogP contribution in [-0.2, 0) is 24.4 Å². The zero-order valence-corrected chi connectivity index (χ0v) is 20.4. The minimum atomic E-state index is -0.972. The zero-order chi connectivity index (χ0) is 23.2. The van der Waals surface area contributed by atoms with Crippen molar-refractivity contribution in [2.24, 2.45) is 11.3 Å². The van der Waals surface area contributed by atoms with Crippen molar-refractivity contribution < 1.29 is 38.1 Å². The minimum Gasteiger partial charge on any atom is -0.460 e. The van der Waals surface area contributed by atoms with Gasteiger partial charge in [0.2, 0.25) is 5.78 Å². The van der Waals surface area contributed by atoms with Crippen LogP contribution in [0, 0.1) is 11.3 Å². The third-order valence-corrected chi connectivity index (χ3v) is 9.11. The van der Waals surface area contributed by atoms with Crippen LogP contribution < -0.4 is 0 Å². The van der Waals surface area contributed by atoms with Crippen LogP contribution in [0.5, 0.6) is 0 Å². The molecule has 0 amide bonds. The van der Waals surface area contributed by atoms with Crippen molar-refractivity contribution >= 4 is 40.3 Å². The molecule has 8 nitrogen and oxygen atoms in total. The van der Waals surface area contributed by atoms with Gasteiger partial charge < -0.3 is 23.7 Å². The molecular formula is C23H25IO8. The number of alkyl halides is 1. The SMILES string of the molecule is COC[C@H]1OC(=O)c2coc3c2[C@@]1(C)C1=C(C3=O)[C@@H]2C[C@@H](I)[C@H](O)[C@@]2(C)C[C@H]1OC(C)=O. The van der Waals surface area contributed by atoms with E-state index in [1.54, 1.807) is 0 Å². The van der Waals surface area contributed by atoms with Crippen molar-refractivity contribution in [1.82, 2.24) is 0 Å². The van der Waals surface area contributed by atoms with E-state index in [0.717, 1.165) is 0 Å². The molecule has 3 aliphatic carbocycles. The van der Waals surface area contributed by atoms with Crippen molar-refractivity contribution in [3.63, 3.8) is 0 Å². The van der Waals surface area contributed by atoms with E-state index in [0.29, 0.717) is 29.6 Å². The molecule has 7 atom stereocenters. The number of aliphatic hydroxyl groups excluding tert-OH is 1. The Labute approximate surface area is 198 Å². The van der Waals surface area contributed by atoms with Crippen molar-refractivity contribution in [3.8, 4) is 0 Å². The Hall–Kier alpha value is -1.72. The first-order valence-corrected chi connectivity index (χ1v) is 11.9. The van der Waals surface area contributed by atoms with E-state index in [4.69, 9.17) is 18.6 Å². The second-order valence-electron chi connectivity index (χ2n) is 9.62. The van der Waals surface area contributed by atoms with Gasteiger partial charge in [-0.05, 0) is 31.3 Å². The maximum Gasteiger partial charge on any atom is 0.342 e. The molecule has 5 rings (SSSR count). The highest BCUT2D eigenvalue weighted by molar-refractivity contribution is 14.1. The number of Topliss-reactive ketones (excluding diaryl/α,β-unsaturated/α-hetero) is 1. The van der Waals surface area contributed by atoms with Crippen LogP contribution >= 0.6 is 22.6 Å². The molecule has 0 saturated heterocycles. The van der Waals surface area contributed by atoms with Crippen LogP contribution in [0.2, 0.25) is 0 Å². The van der Waals surface area contributed by atoms with Crippen LogP contribution in [-0.4, -0.2) is 58.8 Å². The largest absolute Gasteiger partial charge is 0.460 e. The summed E-state index contributed by atoms with van der Waals surface area (Å²) < 4.78 is 22.6. The minimum absolute atomic E-state index is 0.0550. The van der Waals surface area contributed by atoms with Crippen LogP contribution in [0.1, 0.15) is 60.1 Å². The lowest BCUT2D eigenvalue weighted by atomic mass is 9.54. The summed E-state index contributed by atoms with van der Waals surface area (Å²) in [5, 5.41) is 11.1. The molecule has 1 aromatic rings. The second-order valence-corrected chi connectivity index (χ2v) is 11.2. The molecule has 172 valence electrons. The predicted molar refractivity (Wildman–Crippen MR) is 119 cm³/mol. The van der Waals surface area contributed by atoms with Gasteiger partial charge in [0.1, 0.15) is 24.0 Å². The third kappa shape index (κ3) is 2.64. The summed E-state index contributed by atoms with van der Waals surface area (Å²) >= 11 is 2.23. The average Bonchev–Trinajstić information content (AvgIpc) is 3.26. The van der Waals surface area contributed by atoms with Crippen molar-refractivity contribution in [2.45, 2.75) is 61.3 Å². The molecule has 32 heavy (non-hydrogen) atoms. The number of rotatable bonds is 3. The fourth-order valence-electron chi connectivity index (χ4n) is 6.46. The Morgan fingerprint density at radius 3 is 2.72 bits per heavy atom. The Kier molecular flexibility index (Phi) is 4.93. The molecule has 1 aromatic heterocycles. The molecule has 1 saturated carbocycles. The number of fused-ring (bicyclic) bond motifs is 3. The molecule has 4 aliphatic rings. The number of halogens is 1. The number of hydrogen-bond acceptors (Lipinski definition) is 8. The van der Waals surface area contributed by atoms with E-state index < -0.39 is 41.1 Å². The fourth-order valence-corrected chi connectivity index (χ4v) is 7.79. The quantitative estimate of drug-likeness (QED) is 0.344. The number of carbonyl (C=O) groups is 3. The number of methoxy groups -OCH3 is 1. The van der Waals surface area contributed by atoms with Crippen LogP contribution in [0.25, 0.3) is 0 Å². The van der Waals surface area contributed by atoms with E-state index in [1.165, 1.54) is 20.3 Å². The lowest BCUT2D eigenvalue weighted by Gasteiger charge is -2.52. The number of cyclic esters (lactones) is 1. The van der Waals surface area contributed by atoms with Gasteiger partial charge in [-0.1, -0.05) is 29.5 Å². The van der Waals surface area contributed by atoms with Gasteiger partial charge in [0.05, 0.1) is 18.1 Å². The second kappa shape index (κ2) is 7.14. The monoisotopic (exact) mass is 556 g/mol. The Bertz CT molecular complexity index is 1070. The molecule has 0 unspecified atom stereocenters. The molecule has 0 aromatic carbocycles. The first kappa shape index (κ1) is 22.1. The van der Waals surface area contributed by atoms with Crippen molar-refractivity contribution in [1.29, 1.82) is 0 Å².